The third-order valence-corrected chi connectivity index (χ3v) is 3.18. The molecule has 0 atom stereocenters. The topological polar surface area (TPSA) is 98.5 Å². The zero-order chi connectivity index (χ0) is 12.9. The van der Waals surface area contributed by atoms with Crippen molar-refractivity contribution in [2.24, 2.45) is 0 Å². The van der Waals surface area contributed by atoms with Gasteiger partial charge in [0.1, 0.15) is 0 Å². The first-order valence-corrected chi connectivity index (χ1v) is 6.47. The Morgan fingerprint density at radius 3 is 2.76 bits per heavy atom. The van der Waals surface area contributed by atoms with Gasteiger partial charge in [0.15, 0.2) is 5.75 Å². The third-order valence-electron chi connectivity index (χ3n) is 1.98. The van der Waals surface area contributed by atoms with Gasteiger partial charge in [0.05, 0.1) is 7.11 Å². The molecule has 1 aromatic rings. The summed E-state index contributed by atoms with van der Waals surface area (Å²) in [5.74, 6) is -1.49. The summed E-state index contributed by atoms with van der Waals surface area (Å²) in [4.78, 5) is 10.8. The van der Waals surface area contributed by atoms with E-state index in [9.17, 15) is 13.2 Å². The molecule has 0 bridgehead atoms. The zero-order valence-electron chi connectivity index (χ0n) is 9.34. The third kappa shape index (κ3) is 4.83. The number of nitrogen functional groups attached to an aromatic ring is 1. The maximum atomic E-state index is 11.4. The van der Waals surface area contributed by atoms with Crippen molar-refractivity contribution in [3.8, 4) is 0 Å². The molecule has 0 saturated heterocycles. The molecule has 17 heavy (non-hydrogen) atoms. The van der Waals surface area contributed by atoms with Gasteiger partial charge in [0.2, 0.25) is 10.0 Å². The van der Waals surface area contributed by atoms with Gasteiger partial charge in [-0.1, -0.05) is 12.1 Å². The van der Waals surface area contributed by atoms with Crippen LogP contribution < -0.4 is 10.5 Å². The van der Waals surface area contributed by atoms with Crippen molar-refractivity contribution >= 4 is 21.7 Å². The molecule has 7 heteroatoms. The molecule has 3 N–H and O–H groups in total. The Hall–Kier alpha value is -1.60. The first-order valence-electron chi connectivity index (χ1n) is 4.81. The van der Waals surface area contributed by atoms with E-state index in [1.54, 1.807) is 24.3 Å². The number of nitrogens with two attached hydrogens (primary N) is 1. The molecular formula is C10H14N2O4S. The molecular weight excluding hydrogens is 244 g/mol. The van der Waals surface area contributed by atoms with Crippen LogP contribution in [-0.4, -0.2) is 27.2 Å². The number of hydrogen-bond acceptors (Lipinski definition) is 5. The summed E-state index contributed by atoms with van der Waals surface area (Å²) >= 11 is 0. The summed E-state index contributed by atoms with van der Waals surface area (Å²) in [6, 6.07) is 6.81. The number of rotatable bonds is 5. The molecule has 1 rings (SSSR count). The Morgan fingerprint density at radius 2 is 2.18 bits per heavy atom. The fraction of sp³-hybridized carbons (Fsp3) is 0.300. The molecule has 0 aliphatic heterocycles. The first-order chi connectivity index (χ1) is 7.93. The highest BCUT2D eigenvalue weighted by Gasteiger charge is 2.16. The Balaban J connectivity index is 2.58. The second-order valence-electron chi connectivity index (χ2n) is 3.40. The number of benzene rings is 1. The van der Waals surface area contributed by atoms with Crippen LogP contribution in [0.25, 0.3) is 0 Å². The highest BCUT2D eigenvalue weighted by molar-refractivity contribution is 7.90. The van der Waals surface area contributed by atoms with Gasteiger partial charge in [-0.05, 0) is 17.7 Å². The average Bonchev–Trinajstić information content (AvgIpc) is 2.26. The van der Waals surface area contributed by atoms with Crippen LogP contribution in [-0.2, 0) is 26.1 Å². The Labute approximate surface area is 99.8 Å². The predicted octanol–water partition coefficient (Wildman–Crippen LogP) is -0.139. The lowest BCUT2D eigenvalue weighted by molar-refractivity contribution is -0.137. The predicted molar refractivity (Wildman–Crippen MR) is 63.5 cm³/mol. The molecule has 0 saturated carbocycles. The standard InChI is InChI=1S/C10H14N2O4S/c1-16-10(13)7-17(14,15)12-6-8-3-2-4-9(11)5-8/h2-5,12H,6-7,11H2,1H3. The van der Waals surface area contributed by atoms with Gasteiger partial charge < -0.3 is 10.5 Å². The maximum Gasteiger partial charge on any atom is 0.322 e. The van der Waals surface area contributed by atoms with E-state index in [1.807, 2.05) is 0 Å². The molecule has 0 aromatic heterocycles. The van der Waals surface area contributed by atoms with Crippen LogP contribution in [0.4, 0.5) is 5.69 Å². The average molecular weight is 258 g/mol. The molecule has 0 aliphatic carbocycles. The fourth-order valence-electron chi connectivity index (χ4n) is 1.16. The van der Waals surface area contributed by atoms with E-state index in [0.717, 1.165) is 12.7 Å². The van der Waals surface area contributed by atoms with E-state index in [0.29, 0.717) is 5.69 Å². The molecule has 0 unspecified atom stereocenters. The van der Waals surface area contributed by atoms with Gasteiger partial charge in [-0.3, -0.25) is 4.79 Å². The van der Waals surface area contributed by atoms with Crippen LogP contribution >= 0.6 is 0 Å². The van der Waals surface area contributed by atoms with Crippen molar-refractivity contribution < 1.29 is 17.9 Å². The number of esters is 1. The monoisotopic (exact) mass is 258 g/mol. The summed E-state index contributed by atoms with van der Waals surface area (Å²) in [5.41, 5.74) is 6.82. The van der Waals surface area contributed by atoms with Crippen LogP contribution in [0.15, 0.2) is 24.3 Å². The van der Waals surface area contributed by atoms with Gasteiger partial charge in [-0.2, -0.15) is 0 Å². The molecule has 0 heterocycles. The second kappa shape index (κ2) is 5.65. The van der Waals surface area contributed by atoms with Crippen molar-refractivity contribution in [3.63, 3.8) is 0 Å². The highest BCUT2D eigenvalue weighted by Crippen LogP contribution is 2.06. The van der Waals surface area contributed by atoms with Gasteiger partial charge in [-0.25, -0.2) is 13.1 Å². The van der Waals surface area contributed by atoms with E-state index in [2.05, 4.69) is 9.46 Å². The van der Waals surface area contributed by atoms with Crippen LogP contribution in [0, 0.1) is 0 Å². The molecule has 0 amide bonds. The normalized spacial score (nSPS) is 11.1. The lowest BCUT2D eigenvalue weighted by atomic mass is 10.2. The number of sulfonamides is 1. The Bertz CT molecular complexity index is 499. The minimum absolute atomic E-state index is 0.0877. The van der Waals surface area contributed by atoms with Crippen molar-refractivity contribution in [2.75, 3.05) is 18.6 Å². The van der Waals surface area contributed by atoms with Crippen LogP contribution in [0.1, 0.15) is 5.56 Å². The molecule has 0 radical (unpaired) electrons. The summed E-state index contributed by atoms with van der Waals surface area (Å²) in [6.45, 7) is 0.0877. The molecule has 0 aliphatic rings. The van der Waals surface area contributed by atoms with Crippen molar-refractivity contribution in [2.45, 2.75) is 6.54 Å². The van der Waals surface area contributed by atoms with Gasteiger partial charge in [0, 0.05) is 12.2 Å². The van der Waals surface area contributed by atoms with E-state index < -0.39 is 21.7 Å². The Kier molecular flexibility index (Phi) is 4.47. The quantitative estimate of drug-likeness (QED) is 0.566. The van der Waals surface area contributed by atoms with E-state index >= 15 is 0 Å². The maximum absolute atomic E-state index is 11.4. The van der Waals surface area contributed by atoms with Crippen LogP contribution in [0.5, 0.6) is 0 Å². The van der Waals surface area contributed by atoms with E-state index in [-0.39, 0.29) is 6.54 Å². The molecule has 6 nitrogen and oxygen atoms in total. The van der Waals surface area contributed by atoms with Crippen LogP contribution in [0.3, 0.4) is 0 Å². The number of hydrogen-bond donors (Lipinski definition) is 2. The molecule has 1 aromatic carbocycles. The summed E-state index contributed by atoms with van der Waals surface area (Å²) in [6.07, 6.45) is 0. The number of methoxy groups -OCH3 is 1. The first kappa shape index (κ1) is 13.5. The minimum Gasteiger partial charge on any atom is -0.468 e. The lowest BCUT2D eigenvalue weighted by Crippen LogP contribution is -2.30. The minimum atomic E-state index is -3.67. The van der Waals surface area contributed by atoms with Crippen molar-refractivity contribution in [1.29, 1.82) is 0 Å². The van der Waals surface area contributed by atoms with Gasteiger partial charge >= 0.3 is 5.97 Å². The fourth-order valence-corrected chi connectivity index (χ4v) is 2.08. The van der Waals surface area contributed by atoms with Crippen LogP contribution in [0.2, 0.25) is 0 Å². The van der Waals surface area contributed by atoms with Gasteiger partial charge in [0.25, 0.3) is 0 Å². The zero-order valence-corrected chi connectivity index (χ0v) is 10.2. The SMILES string of the molecule is COC(=O)CS(=O)(=O)NCc1cccc(N)c1. The smallest absolute Gasteiger partial charge is 0.322 e. The highest BCUT2D eigenvalue weighted by atomic mass is 32.2. The molecule has 0 fully saturated rings. The number of anilines is 1. The summed E-state index contributed by atoms with van der Waals surface area (Å²) in [7, 11) is -2.53. The number of carbonyl (C=O) groups is 1. The number of nitrogens with one attached hydrogen (secondary N) is 1. The van der Waals surface area contributed by atoms with Crippen molar-refractivity contribution in [1.82, 2.24) is 4.72 Å². The van der Waals surface area contributed by atoms with Crippen molar-refractivity contribution in [3.05, 3.63) is 29.8 Å². The molecule has 94 valence electrons. The van der Waals surface area contributed by atoms with E-state index in [1.165, 1.54) is 0 Å². The number of carbonyl (C=O) groups excluding carboxylic acids is 1. The molecule has 0 spiro atoms. The lowest BCUT2D eigenvalue weighted by Gasteiger charge is -2.06. The number of ether oxygens (including phenoxy) is 1. The summed E-state index contributed by atoms with van der Waals surface area (Å²) < 4.78 is 29.4. The largest absolute Gasteiger partial charge is 0.468 e. The second-order valence-corrected chi connectivity index (χ2v) is 5.21. The van der Waals surface area contributed by atoms with E-state index in [4.69, 9.17) is 5.73 Å². The van der Waals surface area contributed by atoms with Gasteiger partial charge in [-0.15, -0.1) is 0 Å². The summed E-state index contributed by atoms with van der Waals surface area (Å²) in [5, 5.41) is 0. The Morgan fingerprint density at radius 1 is 1.47 bits per heavy atom.